The number of hydrogen-bond donors (Lipinski definition) is 1. The van der Waals surface area contributed by atoms with Crippen LogP contribution in [0.4, 0.5) is 0 Å². The highest BCUT2D eigenvalue weighted by Gasteiger charge is 2.35. The zero-order valence-corrected chi connectivity index (χ0v) is 11.7. The zero-order chi connectivity index (χ0) is 14.2. The fraction of sp³-hybridized carbons (Fsp3) is 0.467. The van der Waals surface area contributed by atoms with Crippen molar-refractivity contribution in [2.45, 2.75) is 27.7 Å². The van der Waals surface area contributed by atoms with Gasteiger partial charge in [-0.25, -0.2) is 4.79 Å². The van der Waals surface area contributed by atoms with Gasteiger partial charge in [-0.15, -0.1) is 0 Å². The lowest BCUT2D eigenvalue weighted by atomic mass is 9.80. The Morgan fingerprint density at radius 2 is 2.21 bits per heavy atom. The molecule has 1 aliphatic rings. The highest BCUT2D eigenvalue weighted by molar-refractivity contribution is 5.92. The summed E-state index contributed by atoms with van der Waals surface area (Å²) >= 11 is 0. The van der Waals surface area contributed by atoms with Gasteiger partial charge in [0, 0.05) is 11.6 Å². The molecule has 102 valence electrons. The molecule has 0 amide bonds. The number of hydrogen-bond acceptors (Lipinski definition) is 3. The molecule has 2 heterocycles. The molecule has 1 aromatic heterocycles. The second-order valence-corrected chi connectivity index (χ2v) is 5.67. The van der Waals surface area contributed by atoms with Crippen LogP contribution >= 0.6 is 0 Å². The molecule has 1 aromatic rings. The van der Waals surface area contributed by atoms with Gasteiger partial charge < -0.3 is 9.84 Å². The lowest BCUT2D eigenvalue weighted by Crippen LogP contribution is -2.22. The molecule has 4 heteroatoms. The Labute approximate surface area is 113 Å². The number of aromatic carboxylic acids is 1. The van der Waals surface area contributed by atoms with Gasteiger partial charge in [-0.2, -0.15) is 0 Å². The number of carboxylic acid groups (broad SMARTS) is 1. The van der Waals surface area contributed by atoms with E-state index in [2.05, 4.69) is 25.8 Å². The summed E-state index contributed by atoms with van der Waals surface area (Å²) in [6.07, 6.45) is 3.67. The molecule has 0 saturated carbocycles. The fourth-order valence-electron chi connectivity index (χ4n) is 2.01. The van der Waals surface area contributed by atoms with Crippen LogP contribution in [-0.4, -0.2) is 22.7 Å². The summed E-state index contributed by atoms with van der Waals surface area (Å²) in [6.45, 7) is 8.76. The number of nitrogens with zero attached hydrogens (tertiary/aromatic N) is 1. The molecular weight excluding hydrogens is 242 g/mol. The van der Waals surface area contributed by atoms with Crippen LogP contribution in [0.25, 0.3) is 5.76 Å². The van der Waals surface area contributed by atoms with Crippen molar-refractivity contribution >= 4 is 11.7 Å². The quantitative estimate of drug-likeness (QED) is 0.908. The Kier molecular flexibility index (Phi) is 3.35. The largest absolute Gasteiger partial charge is 0.491 e. The summed E-state index contributed by atoms with van der Waals surface area (Å²) in [4.78, 5) is 15.5. The van der Waals surface area contributed by atoms with Gasteiger partial charge in [0.15, 0.2) is 0 Å². The third-order valence-corrected chi connectivity index (χ3v) is 3.81. The zero-order valence-electron chi connectivity index (χ0n) is 11.7. The van der Waals surface area contributed by atoms with E-state index in [1.165, 1.54) is 0 Å². The number of carbonyl (C=O) groups is 1. The van der Waals surface area contributed by atoms with Gasteiger partial charge in [-0.3, -0.25) is 4.98 Å². The van der Waals surface area contributed by atoms with Crippen molar-refractivity contribution in [1.29, 1.82) is 0 Å². The highest BCUT2D eigenvalue weighted by Crippen LogP contribution is 2.39. The third-order valence-electron chi connectivity index (χ3n) is 3.81. The minimum absolute atomic E-state index is 0.0718. The van der Waals surface area contributed by atoms with Crippen LogP contribution in [0.2, 0.25) is 0 Å². The van der Waals surface area contributed by atoms with Crippen LogP contribution in [0.15, 0.2) is 18.3 Å². The average Bonchev–Trinajstić information content (AvgIpc) is 2.73. The minimum atomic E-state index is -0.978. The highest BCUT2D eigenvalue weighted by atomic mass is 16.5. The predicted octanol–water partition coefficient (Wildman–Crippen LogP) is 3.12. The number of aromatic nitrogens is 1. The van der Waals surface area contributed by atoms with Gasteiger partial charge in [0.05, 0.1) is 12.2 Å². The number of rotatable bonds is 3. The van der Waals surface area contributed by atoms with Crippen molar-refractivity contribution in [2.75, 3.05) is 6.61 Å². The first-order valence-electron chi connectivity index (χ1n) is 6.39. The lowest BCUT2D eigenvalue weighted by Gasteiger charge is -2.23. The first-order chi connectivity index (χ1) is 8.83. The fourth-order valence-corrected chi connectivity index (χ4v) is 2.01. The molecule has 0 radical (unpaired) electrons. The Morgan fingerprint density at radius 3 is 2.74 bits per heavy atom. The molecule has 0 bridgehead atoms. The topological polar surface area (TPSA) is 59.4 Å². The molecule has 1 N–H and O–H groups in total. The predicted molar refractivity (Wildman–Crippen MR) is 72.8 cm³/mol. The Hall–Kier alpha value is -1.84. The normalized spacial score (nSPS) is 22.3. The van der Waals surface area contributed by atoms with Crippen LogP contribution in [0, 0.1) is 18.3 Å². The van der Waals surface area contributed by atoms with Crippen LogP contribution < -0.4 is 0 Å². The van der Waals surface area contributed by atoms with Gasteiger partial charge in [0.2, 0.25) is 0 Å². The molecule has 2 rings (SSSR count). The van der Waals surface area contributed by atoms with E-state index in [0.29, 0.717) is 24.0 Å². The second kappa shape index (κ2) is 4.68. The maximum absolute atomic E-state index is 11.3. The summed E-state index contributed by atoms with van der Waals surface area (Å²) in [5.74, 6) is 0.0196. The standard InChI is InChI=1S/C15H19NO3/c1-9(2)15(4)6-12(19-8-15)13-11(14(17)18)5-10(3)7-16-13/h5-7,9H,8H2,1-4H3,(H,17,18). The summed E-state index contributed by atoms with van der Waals surface area (Å²) in [6, 6.07) is 1.62. The van der Waals surface area contributed by atoms with Crippen molar-refractivity contribution in [3.63, 3.8) is 0 Å². The maximum Gasteiger partial charge on any atom is 0.338 e. The van der Waals surface area contributed by atoms with Gasteiger partial charge in [0.25, 0.3) is 0 Å². The molecule has 19 heavy (non-hydrogen) atoms. The van der Waals surface area contributed by atoms with E-state index < -0.39 is 5.97 Å². The van der Waals surface area contributed by atoms with E-state index in [0.717, 1.165) is 5.56 Å². The molecule has 0 aromatic carbocycles. The van der Waals surface area contributed by atoms with E-state index >= 15 is 0 Å². The summed E-state index contributed by atoms with van der Waals surface area (Å²) in [7, 11) is 0. The monoisotopic (exact) mass is 261 g/mol. The molecule has 0 spiro atoms. The Bertz CT molecular complexity index is 548. The van der Waals surface area contributed by atoms with Crippen molar-refractivity contribution in [3.8, 4) is 0 Å². The summed E-state index contributed by atoms with van der Waals surface area (Å²) < 4.78 is 5.68. The number of pyridine rings is 1. The van der Waals surface area contributed by atoms with Crippen LogP contribution in [-0.2, 0) is 4.74 Å². The first kappa shape index (κ1) is 13.6. The van der Waals surface area contributed by atoms with Crippen molar-refractivity contribution < 1.29 is 14.6 Å². The van der Waals surface area contributed by atoms with E-state index in [9.17, 15) is 9.90 Å². The van der Waals surface area contributed by atoms with Crippen LogP contribution in [0.1, 0.15) is 42.4 Å². The van der Waals surface area contributed by atoms with E-state index in [-0.39, 0.29) is 11.0 Å². The molecule has 0 aliphatic carbocycles. The SMILES string of the molecule is Cc1cnc(C2=CC(C)(C(C)C)CO2)c(C(=O)O)c1. The summed E-state index contributed by atoms with van der Waals surface area (Å²) in [5, 5.41) is 9.27. The number of aryl methyl sites for hydroxylation is 1. The van der Waals surface area contributed by atoms with Gasteiger partial charge in [-0.1, -0.05) is 20.8 Å². The average molecular weight is 261 g/mol. The molecule has 0 fully saturated rings. The number of ether oxygens (including phenoxy) is 1. The Morgan fingerprint density at radius 1 is 1.53 bits per heavy atom. The molecule has 1 atom stereocenters. The molecule has 0 saturated heterocycles. The minimum Gasteiger partial charge on any atom is -0.491 e. The lowest BCUT2D eigenvalue weighted by molar-refractivity contribution is 0.0695. The van der Waals surface area contributed by atoms with Crippen LogP contribution in [0.5, 0.6) is 0 Å². The van der Waals surface area contributed by atoms with E-state index in [1.807, 2.05) is 13.0 Å². The van der Waals surface area contributed by atoms with Gasteiger partial charge >= 0.3 is 5.97 Å². The van der Waals surface area contributed by atoms with Crippen molar-refractivity contribution in [2.24, 2.45) is 11.3 Å². The van der Waals surface area contributed by atoms with E-state index in [4.69, 9.17) is 4.74 Å². The molecule has 1 unspecified atom stereocenters. The maximum atomic E-state index is 11.3. The Balaban J connectivity index is 2.47. The van der Waals surface area contributed by atoms with E-state index in [1.54, 1.807) is 12.3 Å². The molecule has 1 aliphatic heterocycles. The third kappa shape index (κ3) is 2.48. The van der Waals surface area contributed by atoms with Gasteiger partial charge in [0.1, 0.15) is 11.5 Å². The summed E-state index contributed by atoms with van der Waals surface area (Å²) in [5.41, 5.74) is 1.37. The molecular formula is C15H19NO3. The molecule has 4 nitrogen and oxygen atoms in total. The van der Waals surface area contributed by atoms with Gasteiger partial charge in [-0.05, 0) is 30.5 Å². The van der Waals surface area contributed by atoms with Crippen LogP contribution in [0.3, 0.4) is 0 Å². The number of carboxylic acids is 1. The smallest absolute Gasteiger partial charge is 0.338 e. The van der Waals surface area contributed by atoms with Crippen molar-refractivity contribution in [1.82, 2.24) is 4.98 Å². The first-order valence-corrected chi connectivity index (χ1v) is 6.39. The second-order valence-electron chi connectivity index (χ2n) is 5.67. The van der Waals surface area contributed by atoms with Crippen molar-refractivity contribution in [3.05, 3.63) is 35.2 Å².